The van der Waals surface area contributed by atoms with E-state index in [4.69, 9.17) is 10.5 Å². The van der Waals surface area contributed by atoms with E-state index in [0.29, 0.717) is 19.8 Å². The van der Waals surface area contributed by atoms with E-state index in [2.05, 4.69) is 0 Å². The van der Waals surface area contributed by atoms with Crippen molar-refractivity contribution in [2.45, 2.75) is 17.9 Å². The van der Waals surface area contributed by atoms with Crippen LogP contribution in [0.15, 0.2) is 23.1 Å². The first-order chi connectivity index (χ1) is 8.43. The molecule has 0 amide bonds. The molecule has 7 heteroatoms. The maximum absolute atomic E-state index is 12.4. The largest absolute Gasteiger partial charge is 0.506 e. The molecule has 6 nitrogen and oxygen atoms in total. The van der Waals surface area contributed by atoms with Crippen molar-refractivity contribution in [1.82, 2.24) is 4.31 Å². The predicted octanol–water partition coefficient (Wildman–Crippen LogP) is 0.384. The van der Waals surface area contributed by atoms with Crippen LogP contribution in [0.1, 0.15) is 6.92 Å². The molecule has 18 heavy (non-hydrogen) atoms. The summed E-state index contributed by atoms with van der Waals surface area (Å²) in [7, 11) is -3.59. The van der Waals surface area contributed by atoms with Crippen molar-refractivity contribution in [1.29, 1.82) is 0 Å². The lowest BCUT2D eigenvalue weighted by atomic mass is 10.3. The number of anilines is 1. The number of aromatic hydroxyl groups is 1. The first kappa shape index (κ1) is 13.1. The Morgan fingerprint density at radius 3 is 2.83 bits per heavy atom. The number of sulfonamides is 1. The van der Waals surface area contributed by atoms with Gasteiger partial charge >= 0.3 is 0 Å². The summed E-state index contributed by atoms with van der Waals surface area (Å²) < 4.78 is 31.4. The Kier molecular flexibility index (Phi) is 3.47. The highest BCUT2D eigenvalue weighted by molar-refractivity contribution is 7.89. The van der Waals surface area contributed by atoms with Gasteiger partial charge in [0.25, 0.3) is 0 Å². The molecule has 1 aliphatic heterocycles. The molecule has 0 unspecified atom stereocenters. The second kappa shape index (κ2) is 4.75. The van der Waals surface area contributed by atoms with Crippen molar-refractivity contribution in [3.05, 3.63) is 18.2 Å². The molecule has 0 saturated carbocycles. The van der Waals surface area contributed by atoms with E-state index < -0.39 is 10.0 Å². The zero-order valence-electron chi connectivity index (χ0n) is 10.0. The van der Waals surface area contributed by atoms with Crippen LogP contribution in [0.3, 0.4) is 0 Å². The average molecular weight is 272 g/mol. The minimum absolute atomic E-state index is 0.0528. The van der Waals surface area contributed by atoms with Crippen LogP contribution in [0.25, 0.3) is 0 Å². The third-order valence-corrected chi connectivity index (χ3v) is 4.92. The number of nitrogens with two attached hydrogens (primary N) is 1. The van der Waals surface area contributed by atoms with Gasteiger partial charge in [-0.1, -0.05) is 0 Å². The molecule has 0 aromatic heterocycles. The lowest BCUT2D eigenvalue weighted by molar-refractivity contribution is 0.0393. The number of hydrogen-bond donors (Lipinski definition) is 2. The molecule has 3 N–H and O–H groups in total. The van der Waals surface area contributed by atoms with Crippen molar-refractivity contribution in [3.63, 3.8) is 0 Å². The molecular formula is C11H16N2O4S. The molecule has 1 fully saturated rings. The fourth-order valence-corrected chi connectivity index (χ4v) is 3.53. The third kappa shape index (κ3) is 2.29. The number of nitrogens with zero attached hydrogens (tertiary/aromatic N) is 1. The zero-order chi connectivity index (χ0) is 13.3. The highest BCUT2D eigenvalue weighted by Gasteiger charge is 2.31. The van der Waals surface area contributed by atoms with Crippen molar-refractivity contribution in [2.24, 2.45) is 0 Å². The summed E-state index contributed by atoms with van der Waals surface area (Å²) >= 11 is 0. The van der Waals surface area contributed by atoms with Crippen LogP contribution >= 0.6 is 0 Å². The van der Waals surface area contributed by atoms with Gasteiger partial charge in [0.15, 0.2) is 0 Å². The number of ether oxygens (including phenoxy) is 1. The van der Waals surface area contributed by atoms with E-state index >= 15 is 0 Å². The summed E-state index contributed by atoms with van der Waals surface area (Å²) in [5.41, 5.74) is 5.58. The van der Waals surface area contributed by atoms with Crippen LogP contribution in [0.2, 0.25) is 0 Å². The standard InChI is InChI=1S/C11H16N2O4S/c1-8-7-17-5-4-13(8)18(15,16)9-2-3-11(14)10(12)6-9/h2-3,6,8,14H,4-5,7,12H2,1H3/t8-/m1/s1. The molecule has 0 spiro atoms. The molecule has 1 aliphatic rings. The van der Waals surface area contributed by atoms with E-state index in [0.717, 1.165) is 0 Å². The van der Waals surface area contributed by atoms with Gasteiger partial charge in [-0.3, -0.25) is 0 Å². The van der Waals surface area contributed by atoms with Gasteiger partial charge in [-0.2, -0.15) is 4.31 Å². The number of hydrogen-bond acceptors (Lipinski definition) is 5. The quantitative estimate of drug-likeness (QED) is 0.600. The minimum atomic E-state index is -3.59. The molecule has 0 aliphatic carbocycles. The molecule has 1 aromatic carbocycles. The second-order valence-electron chi connectivity index (χ2n) is 4.26. The minimum Gasteiger partial charge on any atom is -0.506 e. The number of nitrogen functional groups attached to an aromatic ring is 1. The highest BCUT2D eigenvalue weighted by atomic mass is 32.2. The summed E-state index contributed by atoms with van der Waals surface area (Å²) in [6.07, 6.45) is 0. The third-order valence-electron chi connectivity index (χ3n) is 2.91. The fraction of sp³-hybridized carbons (Fsp3) is 0.455. The maximum atomic E-state index is 12.4. The van der Waals surface area contributed by atoms with Crippen molar-refractivity contribution < 1.29 is 18.3 Å². The molecule has 0 radical (unpaired) electrons. The van der Waals surface area contributed by atoms with Gasteiger partial charge in [-0.05, 0) is 25.1 Å². The molecule has 2 rings (SSSR count). The first-order valence-electron chi connectivity index (χ1n) is 5.61. The molecular weight excluding hydrogens is 256 g/mol. The smallest absolute Gasteiger partial charge is 0.243 e. The van der Waals surface area contributed by atoms with Gasteiger partial charge in [-0.25, -0.2) is 8.42 Å². The van der Waals surface area contributed by atoms with Crippen LogP contribution in [-0.2, 0) is 14.8 Å². The molecule has 1 atom stereocenters. The van der Waals surface area contributed by atoms with Gasteiger partial charge < -0.3 is 15.6 Å². The zero-order valence-corrected chi connectivity index (χ0v) is 10.9. The summed E-state index contributed by atoms with van der Waals surface area (Å²) in [5, 5.41) is 9.32. The normalized spacial score (nSPS) is 21.9. The van der Waals surface area contributed by atoms with Gasteiger partial charge in [0.1, 0.15) is 5.75 Å². The van der Waals surface area contributed by atoms with Crippen LogP contribution in [0.4, 0.5) is 5.69 Å². The average Bonchev–Trinajstić information content (AvgIpc) is 2.33. The number of rotatable bonds is 2. The Morgan fingerprint density at radius 2 is 2.22 bits per heavy atom. The summed E-state index contributed by atoms with van der Waals surface area (Å²) in [6.45, 7) is 2.88. The topological polar surface area (TPSA) is 92.9 Å². The van der Waals surface area contributed by atoms with E-state index in [1.807, 2.05) is 0 Å². The van der Waals surface area contributed by atoms with Crippen molar-refractivity contribution in [2.75, 3.05) is 25.5 Å². The summed E-state index contributed by atoms with van der Waals surface area (Å²) in [5.74, 6) is -0.121. The highest BCUT2D eigenvalue weighted by Crippen LogP contribution is 2.26. The van der Waals surface area contributed by atoms with Gasteiger partial charge in [0.2, 0.25) is 10.0 Å². The molecule has 1 aromatic rings. The Labute approximate surface area is 106 Å². The maximum Gasteiger partial charge on any atom is 0.243 e. The Morgan fingerprint density at radius 1 is 1.50 bits per heavy atom. The van der Waals surface area contributed by atoms with Crippen LogP contribution < -0.4 is 5.73 Å². The first-order valence-corrected chi connectivity index (χ1v) is 7.05. The van der Waals surface area contributed by atoms with Crippen LogP contribution in [0.5, 0.6) is 5.75 Å². The molecule has 1 heterocycles. The molecule has 0 bridgehead atoms. The Bertz CT molecular complexity index is 544. The fourth-order valence-electron chi connectivity index (χ4n) is 1.90. The monoisotopic (exact) mass is 272 g/mol. The number of phenolic OH excluding ortho intramolecular Hbond substituents is 1. The van der Waals surface area contributed by atoms with Crippen LogP contribution in [-0.4, -0.2) is 43.6 Å². The summed E-state index contributed by atoms with van der Waals surface area (Å²) in [4.78, 5) is 0.0894. The molecule has 100 valence electrons. The van der Waals surface area contributed by atoms with Gasteiger partial charge in [-0.15, -0.1) is 0 Å². The molecule has 1 saturated heterocycles. The Balaban J connectivity index is 2.37. The van der Waals surface area contributed by atoms with Gasteiger partial charge in [0, 0.05) is 12.6 Å². The number of phenols is 1. The predicted molar refractivity (Wildman–Crippen MR) is 66.7 cm³/mol. The van der Waals surface area contributed by atoms with E-state index in [1.54, 1.807) is 6.92 Å². The second-order valence-corrected chi connectivity index (χ2v) is 6.15. The summed E-state index contributed by atoms with van der Waals surface area (Å²) in [6, 6.07) is 3.70. The van der Waals surface area contributed by atoms with E-state index in [1.165, 1.54) is 22.5 Å². The van der Waals surface area contributed by atoms with Crippen molar-refractivity contribution in [3.8, 4) is 5.75 Å². The number of benzene rings is 1. The van der Waals surface area contributed by atoms with Gasteiger partial charge in [0.05, 0.1) is 23.8 Å². The lowest BCUT2D eigenvalue weighted by Crippen LogP contribution is -2.46. The van der Waals surface area contributed by atoms with Crippen LogP contribution in [0, 0.1) is 0 Å². The van der Waals surface area contributed by atoms with E-state index in [9.17, 15) is 13.5 Å². The number of morpholine rings is 1. The van der Waals surface area contributed by atoms with E-state index in [-0.39, 0.29) is 22.4 Å². The lowest BCUT2D eigenvalue weighted by Gasteiger charge is -2.32. The van der Waals surface area contributed by atoms with Crippen molar-refractivity contribution >= 4 is 15.7 Å². The Hall–Kier alpha value is -1.31. The SMILES string of the molecule is C[C@@H]1COCCN1S(=O)(=O)c1ccc(O)c(N)c1.